The van der Waals surface area contributed by atoms with Crippen LogP contribution in [0.3, 0.4) is 0 Å². The van der Waals surface area contributed by atoms with E-state index in [1.54, 1.807) is 12.1 Å². The van der Waals surface area contributed by atoms with E-state index in [-0.39, 0.29) is 17.5 Å². The molecule has 0 aliphatic rings. The lowest BCUT2D eigenvalue weighted by atomic mass is 10.1. The average molecular weight is 287 g/mol. The Labute approximate surface area is 122 Å². The first-order valence-corrected chi connectivity index (χ1v) is 6.61. The van der Waals surface area contributed by atoms with Gasteiger partial charge in [-0.3, -0.25) is 9.89 Å². The van der Waals surface area contributed by atoms with Crippen LogP contribution in [-0.4, -0.2) is 33.2 Å². The highest BCUT2D eigenvalue weighted by atomic mass is 16.4. The van der Waals surface area contributed by atoms with Crippen LogP contribution in [0.15, 0.2) is 30.3 Å². The fourth-order valence-corrected chi connectivity index (χ4v) is 2.04. The van der Waals surface area contributed by atoms with Gasteiger partial charge in [-0.1, -0.05) is 6.07 Å². The number of benzene rings is 1. The van der Waals surface area contributed by atoms with Gasteiger partial charge in [0.2, 0.25) is 0 Å². The Morgan fingerprint density at radius 2 is 2.05 bits per heavy atom. The molecule has 21 heavy (non-hydrogen) atoms. The third-order valence-corrected chi connectivity index (χ3v) is 3.02. The molecule has 0 aliphatic carbocycles. The molecule has 1 unspecified atom stereocenters. The lowest BCUT2D eigenvalue weighted by Gasteiger charge is -2.12. The van der Waals surface area contributed by atoms with Crippen molar-refractivity contribution in [3.63, 3.8) is 0 Å². The van der Waals surface area contributed by atoms with Crippen LogP contribution in [0.5, 0.6) is 0 Å². The zero-order valence-electron chi connectivity index (χ0n) is 11.9. The van der Waals surface area contributed by atoms with Gasteiger partial charge < -0.3 is 10.4 Å². The molecule has 0 bridgehead atoms. The topological polar surface area (TPSA) is 95.1 Å². The number of hydrogen-bond donors (Lipinski definition) is 3. The van der Waals surface area contributed by atoms with E-state index < -0.39 is 5.97 Å². The third kappa shape index (κ3) is 3.92. The SMILES string of the molecule is Cc1cc(CC(C)NC(=O)c2cccc(C(=O)O)c2)n[nH]1. The van der Waals surface area contributed by atoms with Crippen molar-refractivity contribution < 1.29 is 14.7 Å². The number of carbonyl (C=O) groups excluding carboxylic acids is 1. The summed E-state index contributed by atoms with van der Waals surface area (Å²) in [6.07, 6.45) is 0.606. The minimum Gasteiger partial charge on any atom is -0.478 e. The third-order valence-electron chi connectivity index (χ3n) is 3.02. The summed E-state index contributed by atoms with van der Waals surface area (Å²) in [4.78, 5) is 23.0. The van der Waals surface area contributed by atoms with E-state index in [0.29, 0.717) is 12.0 Å². The molecule has 0 saturated heterocycles. The molecule has 1 heterocycles. The molecular formula is C15H17N3O3. The second-order valence-corrected chi connectivity index (χ2v) is 5.01. The number of nitrogens with one attached hydrogen (secondary N) is 2. The van der Waals surface area contributed by atoms with Crippen LogP contribution in [-0.2, 0) is 6.42 Å². The number of carbonyl (C=O) groups is 2. The summed E-state index contributed by atoms with van der Waals surface area (Å²) in [6.45, 7) is 3.79. The van der Waals surface area contributed by atoms with E-state index >= 15 is 0 Å². The lowest BCUT2D eigenvalue weighted by Crippen LogP contribution is -2.34. The summed E-state index contributed by atoms with van der Waals surface area (Å²) < 4.78 is 0. The molecule has 0 radical (unpaired) electrons. The van der Waals surface area contributed by atoms with E-state index in [4.69, 9.17) is 5.11 Å². The van der Waals surface area contributed by atoms with Gasteiger partial charge in [-0.05, 0) is 38.1 Å². The van der Waals surface area contributed by atoms with Crippen molar-refractivity contribution in [2.24, 2.45) is 0 Å². The van der Waals surface area contributed by atoms with Gasteiger partial charge in [0.1, 0.15) is 0 Å². The van der Waals surface area contributed by atoms with Crippen LogP contribution in [0, 0.1) is 6.92 Å². The van der Waals surface area contributed by atoms with Gasteiger partial charge in [-0.15, -0.1) is 0 Å². The van der Waals surface area contributed by atoms with E-state index in [1.165, 1.54) is 12.1 Å². The quantitative estimate of drug-likeness (QED) is 0.781. The van der Waals surface area contributed by atoms with Crippen molar-refractivity contribution in [1.29, 1.82) is 0 Å². The average Bonchev–Trinajstić information content (AvgIpc) is 2.83. The number of amides is 1. The number of carboxylic acids is 1. The molecule has 2 rings (SSSR count). The number of aromatic nitrogens is 2. The molecule has 6 nitrogen and oxygen atoms in total. The maximum absolute atomic E-state index is 12.1. The van der Waals surface area contributed by atoms with Crippen LogP contribution in [0.1, 0.15) is 39.0 Å². The van der Waals surface area contributed by atoms with Gasteiger partial charge in [0.25, 0.3) is 5.91 Å². The zero-order chi connectivity index (χ0) is 15.4. The molecule has 1 aromatic carbocycles. The number of hydrogen-bond acceptors (Lipinski definition) is 3. The first-order chi connectivity index (χ1) is 9.95. The standard InChI is InChI=1S/C15H17N3O3/c1-9(6-13-7-10(2)17-18-13)16-14(19)11-4-3-5-12(8-11)15(20)21/h3-5,7-9H,6H2,1-2H3,(H,16,19)(H,17,18)(H,20,21). The highest BCUT2D eigenvalue weighted by Gasteiger charge is 2.13. The number of aromatic carboxylic acids is 1. The highest BCUT2D eigenvalue weighted by Crippen LogP contribution is 2.07. The van der Waals surface area contributed by atoms with Crippen LogP contribution >= 0.6 is 0 Å². The molecule has 2 aromatic rings. The summed E-state index contributed by atoms with van der Waals surface area (Å²) in [5, 5.41) is 18.7. The minimum atomic E-state index is -1.05. The summed E-state index contributed by atoms with van der Waals surface area (Å²) >= 11 is 0. The molecule has 0 aliphatic heterocycles. The van der Waals surface area contributed by atoms with Crippen molar-refractivity contribution >= 4 is 11.9 Å². The first kappa shape index (κ1) is 14.8. The molecular weight excluding hydrogens is 270 g/mol. The molecule has 110 valence electrons. The maximum atomic E-state index is 12.1. The Hall–Kier alpha value is -2.63. The Balaban J connectivity index is 2.00. The van der Waals surface area contributed by atoms with Crippen molar-refractivity contribution in [2.45, 2.75) is 26.3 Å². The van der Waals surface area contributed by atoms with Crippen molar-refractivity contribution in [2.75, 3.05) is 0 Å². The van der Waals surface area contributed by atoms with E-state index in [0.717, 1.165) is 11.4 Å². The summed E-state index contributed by atoms with van der Waals surface area (Å²) in [5.74, 6) is -1.34. The molecule has 0 saturated carbocycles. The first-order valence-electron chi connectivity index (χ1n) is 6.61. The highest BCUT2D eigenvalue weighted by molar-refractivity contribution is 5.97. The molecule has 6 heteroatoms. The zero-order valence-corrected chi connectivity index (χ0v) is 11.9. The van der Waals surface area contributed by atoms with Gasteiger partial charge in [0.05, 0.1) is 11.3 Å². The number of rotatable bonds is 5. The van der Waals surface area contributed by atoms with Crippen molar-refractivity contribution in [3.8, 4) is 0 Å². The molecule has 0 spiro atoms. The Kier molecular flexibility index (Phi) is 4.37. The van der Waals surface area contributed by atoms with Gasteiger partial charge >= 0.3 is 5.97 Å². The fourth-order valence-electron chi connectivity index (χ4n) is 2.04. The largest absolute Gasteiger partial charge is 0.478 e. The second kappa shape index (κ2) is 6.21. The molecule has 1 amide bonds. The van der Waals surface area contributed by atoms with Crippen molar-refractivity contribution in [3.05, 3.63) is 52.8 Å². The molecule has 0 fully saturated rings. The van der Waals surface area contributed by atoms with Crippen LogP contribution < -0.4 is 5.32 Å². The monoisotopic (exact) mass is 287 g/mol. The Morgan fingerprint density at radius 1 is 1.33 bits per heavy atom. The summed E-state index contributed by atoms with van der Waals surface area (Å²) in [5.41, 5.74) is 2.27. The normalized spacial score (nSPS) is 11.9. The number of H-pyrrole nitrogens is 1. The van der Waals surface area contributed by atoms with Gasteiger partial charge in [0.15, 0.2) is 0 Å². The summed E-state index contributed by atoms with van der Waals surface area (Å²) in [7, 11) is 0. The Bertz CT molecular complexity index is 664. The van der Waals surface area contributed by atoms with Crippen LogP contribution in [0.4, 0.5) is 0 Å². The molecule has 1 atom stereocenters. The van der Waals surface area contributed by atoms with Gasteiger partial charge in [0, 0.05) is 23.7 Å². The predicted octanol–water partition coefficient (Wildman–Crippen LogP) is 1.78. The van der Waals surface area contributed by atoms with Crippen LogP contribution in [0.2, 0.25) is 0 Å². The minimum absolute atomic E-state index is 0.0956. The van der Waals surface area contributed by atoms with Crippen molar-refractivity contribution in [1.82, 2.24) is 15.5 Å². The van der Waals surface area contributed by atoms with E-state index in [2.05, 4.69) is 15.5 Å². The lowest BCUT2D eigenvalue weighted by molar-refractivity contribution is 0.0697. The fraction of sp³-hybridized carbons (Fsp3) is 0.267. The number of nitrogens with zero attached hydrogens (tertiary/aromatic N) is 1. The summed E-state index contributed by atoms with van der Waals surface area (Å²) in [6, 6.07) is 7.78. The molecule has 3 N–H and O–H groups in total. The Morgan fingerprint density at radius 3 is 2.67 bits per heavy atom. The van der Waals surface area contributed by atoms with Gasteiger partial charge in [-0.25, -0.2) is 4.79 Å². The van der Waals surface area contributed by atoms with Crippen LogP contribution in [0.25, 0.3) is 0 Å². The number of aryl methyl sites for hydroxylation is 1. The van der Waals surface area contributed by atoms with Gasteiger partial charge in [-0.2, -0.15) is 5.10 Å². The predicted molar refractivity (Wildman–Crippen MR) is 77.4 cm³/mol. The van der Waals surface area contributed by atoms with E-state index in [9.17, 15) is 9.59 Å². The number of carboxylic acid groups (broad SMARTS) is 1. The number of aromatic amines is 1. The smallest absolute Gasteiger partial charge is 0.335 e. The second-order valence-electron chi connectivity index (χ2n) is 5.01. The van der Waals surface area contributed by atoms with E-state index in [1.807, 2.05) is 19.9 Å². The maximum Gasteiger partial charge on any atom is 0.335 e. The molecule has 1 aromatic heterocycles.